The lowest BCUT2D eigenvalue weighted by Gasteiger charge is -2.15. The Hall–Kier alpha value is 0.667. The van der Waals surface area contributed by atoms with E-state index < -0.39 is 5.31 Å². The second kappa shape index (κ2) is 7.11. The van der Waals surface area contributed by atoms with E-state index in [1.54, 1.807) is 0 Å². The van der Waals surface area contributed by atoms with Gasteiger partial charge in [0.15, 0.2) is 0 Å². The van der Waals surface area contributed by atoms with Gasteiger partial charge in [-0.3, -0.25) is 0 Å². The van der Waals surface area contributed by atoms with E-state index in [0.29, 0.717) is 6.42 Å². The van der Waals surface area contributed by atoms with Crippen LogP contribution in [0.1, 0.15) is 32.6 Å². The summed E-state index contributed by atoms with van der Waals surface area (Å²) >= 11 is 7.52. The van der Waals surface area contributed by atoms with Crippen LogP contribution in [0.2, 0.25) is 12.1 Å². The van der Waals surface area contributed by atoms with Gasteiger partial charge in [-0.25, -0.2) is 0 Å². The summed E-state index contributed by atoms with van der Waals surface area (Å²) in [6.07, 6.45) is 4.26. The van der Waals surface area contributed by atoms with Crippen molar-refractivity contribution in [3.05, 3.63) is 0 Å². The van der Waals surface area contributed by atoms with Crippen molar-refractivity contribution in [2.24, 2.45) is 0 Å². The molecular weight excluding hydrogens is 298 g/mol. The molecule has 0 aromatic carbocycles. The maximum atomic E-state index is 8.37. The van der Waals surface area contributed by atoms with Crippen molar-refractivity contribution in [1.82, 2.24) is 0 Å². The van der Waals surface area contributed by atoms with Crippen molar-refractivity contribution in [3.8, 4) is 6.07 Å². The summed E-state index contributed by atoms with van der Waals surface area (Å²) < 4.78 is 0. The normalized spacial score (nSPS) is 11.2. The molecule has 0 rings (SSSR count). The molecule has 0 aliphatic rings. The van der Waals surface area contributed by atoms with Gasteiger partial charge in [-0.05, 0) is 18.5 Å². The zero-order valence-corrected chi connectivity index (χ0v) is 11.6. The fourth-order valence-electron chi connectivity index (χ4n) is 0.986. The third-order valence-electron chi connectivity index (χ3n) is 1.73. The van der Waals surface area contributed by atoms with Crippen LogP contribution in [0.5, 0.6) is 0 Å². The van der Waals surface area contributed by atoms with E-state index in [1.165, 1.54) is 24.9 Å². The van der Waals surface area contributed by atoms with E-state index in [0.717, 1.165) is 6.42 Å². The molecule has 0 radical (unpaired) electrons. The average molecular weight is 313 g/mol. The first-order chi connectivity index (χ1) is 5.62. The van der Waals surface area contributed by atoms with Crippen molar-refractivity contribution < 1.29 is 0 Å². The van der Waals surface area contributed by atoms with Gasteiger partial charge in [-0.2, -0.15) is 5.26 Å². The number of hydrogen-bond donors (Lipinski definition) is 0. The summed E-state index contributed by atoms with van der Waals surface area (Å²) in [5.41, 5.74) is 0. The van der Waals surface area contributed by atoms with Crippen molar-refractivity contribution in [3.63, 3.8) is 0 Å². The monoisotopic (exact) mass is 311 g/mol. The van der Waals surface area contributed by atoms with Gasteiger partial charge in [-0.15, -0.1) is 30.6 Å². The molecule has 70 valence electrons. The Morgan fingerprint density at radius 3 is 2.33 bits per heavy atom. The van der Waals surface area contributed by atoms with E-state index >= 15 is 0 Å². The van der Waals surface area contributed by atoms with Crippen LogP contribution in [0, 0.1) is 11.3 Å². The summed E-state index contributed by atoms with van der Waals surface area (Å²) in [6.45, 7) is 2.21. The molecule has 12 heavy (non-hydrogen) atoms. The summed E-state index contributed by atoms with van der Waals surface area (Å²) in [4.78, 5) is 0. The topological polar surface area (TPSA) is 23.8 Å². The number of nitriles is 1. The van der Waals surface area contributed by atoms with Crippen LogP contribution < -0.4 is 0 Å². The minimum atomic E-state index is -1.29. The van der Waals surface area contributed by atoms with E-state index in [9.17, 15) is 0 Å². The first-order valence-electron chi connectivity index (χ1n) is 4.37. The Balaban J connectivity index is 3.50. The van der Waals surface area contributed by atoms with Gasteiger partial charge in [0.1, 0.15) is 0 Å². The molecule has 0 aromatic rings. The third-order valence-corrected chi connectivity index (χ3v) is 8.66. The molecule has 0 spiro atoms. The van der Waals surface area contributed by atoms with Gasteiger partial charge < -0.3 is 0 Å². The van der Waals surface area contributed by atoms with Crippen LogP contribution in [-0.2, 0) is 0 Å². The van der Waals surface area contributed by atoms with E-state index in [4.69, 9.17) is 5.26 Å². The van der Waals surface area contributed by atoms with Gasteiger partial charge in [0.05, 0.1) is 6.07 Å². The smallest absolute Gasteiger partial charge is 0.198 e. The van der Waals surface area contributed by atoms with Gasteiger partial charge in [0.2, 0.25) is 5.31 Å². The molecule has 0 amide bonds. The second-order valence-electron chi connectivity index (χ2n) is 2.97. The molecule has 0 N–H and O–H groups in total. The van der Waals surface area contributed by atoms with Crippen LogP contribution in [0.3, 0.4) is 0 Å². The Morgan fingerprint density at radius 1 is 1.25 bits per heavy atom. The van der Waals surface area contributed by atoms with Crippen LogP contribution in [0.4, 0.5) is 0 Å². The molecular formula is C8H15Br2NSi. The van der Waals surface area contributed by atoms with Crippen LogP contribution in [-0.4, -0.2) is 5.31 Å². The van der Waals surface area contributed by atoms with Crippen molar-refractivity contribution in [1.29, 1.82) is 5.26 Å². The van der Waals surface area contributed by atoms with E-state index in [1.807, 2.05) is 0 Å². The van der Waals surface area contributed by atoms with Crippen LogP contribution in [0.25, 0.3) is 0 Å². The predicted octanol–water partition coefficient (Wildman–Crippen LogP) is 4.32. The SMILES string of the molecule is CCCC[Si](Br)(Br)CCCC#N. The van der Waals surface area contributed by atoms with Gasteiger partial charge >= 0.3 is 0 Å². The highest BCUT2D eigenvalue weighted by atomic mass is 79.9. The highest BCUT2D eigenvalue weighted by molar-refractivity contribution is 9.51. The molecule has 0 aliphatic carbocycles. The van der Waals surface area contributed by atoms with Gasteiger partial charge in [0.25, 0.3) is 0 Å². The molecule has 0 atom stereocenters. The number of rotatable bonds is 6. The summed E-state index contributed by atoms with van der Waals surface area (Å²) in [5, 5.41) is 7.09. The molecule has 4 heteroatoms. The lowest BCUT2D eigenvalue weighted by Crippen LogP contribution is -2.16. The minimum Gasteiger partial charge on any atom is -0.198 e. The zero-order chi connectivity index (χ0) is 9.45. The Bertz CT molecular complexity index is 154. The first-order valence-corrected chi connectivity index (χ1v) is 11.3. The molecule has 0 bridgehead atoms. The van der Waals surface area contributed by atoms with Crippen LogP contribution in [0.15, 0.2) is 0 Å². The molecule has 0 aromatic heterocycles. The molecule has 0 fully saturated rings. The maximum absolute atomic E-state index is 8.37. The van der Waals surface area contributed by atoms with Crippen molar-refractivity contribution in [2.45, 2.75) is 44.7 Å². The highest BCUT2D eigenvalue weighted by Gasteiger charge is 2.24. The fraction of sp³-hybridized carbons (Fsp3) is 0.875. The molecule has 0 aliphatic heterocycles. The molecule has 0 saturated heterocycles. The third kappa shape index (κ3) is 7.32. The predicted molar refractivity (Wildman–Crippen MR) is 63.0 cm³/mol. The fourth-order valence-corrected chi connectivity index (χ4v) is 6.17. The number of halogens is 2. The van der Waals surface area contributed by atoms with Gasteiger partial charge in [0, 0.05) is 6.42 Å². The second-order valence-corrected chi connectivity index (χ2v) is 18.0. The van der Waals surface area contributed by atoms with Gasteiger partial charge in [-0.1, -0.05) is 19.8 Å². The van der Waals surface area contributed by atoms with E-state index in [2.05, 4.69) is 43.6 Å². The maximum Gasteiger partial charge on any atom is 0.201 e. The summed E-state index contributed by atoms with van der Waals surface area (Å²) in [6, 6.07) is 4.62. The van der Waals surface area contributed by atoms with Crippen molar-refractivity contribution >= 4 is 35.9 Å². The largest absolute Gasteiger partial charge is 0.201 e. The number of unbranched alkanes of at least 4 members (excludes halogenated alkanes) is 2. The zero-order valence-electron chi connectivity index (χ0n) is 7.45. The molecule has 0 unspecified atom stereocenters. The standard InChI is InChI=1S/C8H15Br2NSi/c1-2-3-7-12(9,10)8-5-4-6-11/h2-5,7-8H2,1H3. The minimum absolute atomic E-state index is 0.693. The summed E-state index contributed by atoms with van der Waals surface area (Å²) in [5.74, 6) is 0. The van der Waals surface area contributed by atoms with E-state index in [-0.39, 0.29) is 0 Å². The Kier molecular flexibility index (Phi) is 7.50. The summed E-state index contributed by atoms with van der Waals surface area (Å²) in [7, 11) is 0. The number of hydrogen-bond acceptors (Lipinski definition) is 1. The lowest BCUT2D eigenvalue weighted by molar-refractivity contribution is 0.866. The Morgan fingerprint density at radius 2 is 1.83 bits per heavy atom. The molecule has 0 heterocycles. The number of nitrogens with zero attached hydrogens (tertiary/aromatic N) is 1. The quantitative estimate of drug-likeness (QED) is 0.407. The lowest BCUT2D eigenvalue weighted by atomic mass is 10.4. The molecule has 0 saturated carbocycles. The first kappa shape index (κ1) is 12.7. The molecule has 1 nitrogen and oxygen atoms in total. The van der Waals surface area contributed by atoms with Crippen LogP contribution >= 0.6 is 30.6 Å². The Labute approximate surface area is 91.7 Å². The highest BCUT2D eigenvalue weighted by Crippen LogP contribution is 2.33. The average Bonchev–Trinajstić information content (AvgIpc) is 2.01. The van der Waals surface area contributed by atoms with Crippen molar-refractivity contribution in [2.75, 3.05) is 0 Å².